The van der Waals surface area contributed by atoms with Gasteiger partial charge in [0.15, 0.2) is 0 Å². The van der Waals surface area contributed by atoms with Crippen LogP contribution in [-0.2, 0) is 0 Å². The maximum absolute atomic E-state index is 2.43. The van der Waals surface area contributed by atoms with Crippen molar-refractivity contribution in [2.24, 2.45) is 0 Å². The van der Waals surface area contributed by atoms with Crippen molar-refractivity contribution in [3.05, 3.63) is 188 Å². The lowest BCUT2D eigenvalue weighted by Gasteiger charge is -2.27. The number of benzene rings is 9. The Labute approximate surface area is 294 Å². The summed E-state index contributed by atoms with van der Waals surface area (Å²) < 4.78 is 2.61. The number of fused-ring (bicyclic) bond motifs is 6. The zero-order valence-corrected chi connectivity index (χ0v) is 28.1. The van der Waals surface area contributed by atoms with Crippen LogP contribution in [0, 0.1) is 0 Å². The number of thiophene rings is 1. The molecule has 0 saturated carbocycles. The van der Waals surface area contributed by atoms with E-state index in [1.165, 1.54) is 74.7 Å². The molecule has 0 radical (unpaired) electrons. The Kier molecular flexibility index (Phi) is 6.75. The SMILES string of the molecule is c1cc(-c2cccc(N(c3ccc4c(c3)sc3cc5ccccc5cc34)c3cccc4ccccc34)c2)cc(-c2cccc3ccccc23)c1. The molecule has 10 rings (SSSR count). The second kappa shape index (κ2) is 11.7. The minimum atomic E-state index is 1.13. The molecule has 50 heavy (non-hydrogen) atoms. The second-order valence-electron chi connectivity index (χ2n) is 13.0. The van der Waals surface area contributed by atoms with Crippen molar-refractivity contribution in [1.82, 2.24) is 0 Å². The first-order valence-corrected chi connectivity index (χ1v) is 17.9. The number of hydrogen-bond acceptors (Lipinski definition) is 2. The largest absolute Gasteiger partial charge is 0.310 e. The Hall–Kier alpha value is -6.22. The Morgan fingerprint density at radius 3 is 1.74 bits per heavy atom. The van der Waals surface area contributed by atoms with Gasteiger partial charge in [0.1, 0.15) is 0 Å². The molecule has 0 aliphatic carbocycles. The normalized spacial score (nSPS) is 11.6. The summed E-state index contributed by atoms with van der Waals surface area (Å²) in [5.74, 6) is 0. The van der Waals surface area contributed by atoms with Crippen LogP contribution in [0.15, 0.2) is 188 Å². The summed E-state index contributed by atoms with van der Waals surface area (Å²) in [7, 11) is 0. The van der Waals surface area contributed by atoms with Gasteiger partial charge < -0.3 is 4.90 Å². The van der Waals surface area contributed by atoms with Crippen molar-refractivity contribution < 1.29 is 0 Å². The Balaban J connectivity index is 1.14. The summed E-state index contributed by atoms with van der Waals surface area (Å²) >= 11 is 1.88. The highest BCUT2D eigenvalue weighted by molar-refractivity contribution is 7.25. The highest BCUT2D eigenvalue weighted by atomic mass is 32.1. The molecular weight excluding hydrogens is 623 g/mol. The van der Waals surface area contributed by atoms with E-state index in [-0.39, 0.29) is 0 Å². The van der Waals surface area contributed by atoms with Crippen molar-refractivity contribution in [3.63, 3.8) is 0 Å². The fourth-order valence-electron chi connectivity index (χ4n) is 7.59. The van der Waals surface area contributed by atoms with Gasteiger partial charge in [-0.2, -0.15) is 0 Å². The molecule has 0 N–H and O–H groups in total. The van der Waals surface area contributed by atoms with E-state index >= 15 is 0 Å². The molecule has 0 atom stereocenters. The van der Waals surface area contributed by atoms with Crippen molar-refractivity contribution in [2.45, 2.75) is 0 Å². The second-order valence-corrected chi connectivity index (χ2v) is 14.1. The molecule has 0 fully saturated rings. The molecule has 0 spiro atoms. The van der Waals surface area contributed by atoms with Crippen LogP contribution in [-0.4, -0.2) is 0 Å². The van der Waals surface area contributed by atoms with E-state index in [1.54, 1.807) is 0 Å². The number of rotatable bonds is 5. The van der Waals surface area contributed by atoms with Crippen molar-refractivity contribution in [3.8, 4) is 22.3 Å². The molecule has 0 aliphatic rings. The fraction of sp³-hybridized carbons (Fsp3) is 0. The summed E-state index contributed by atoms with van der Waals surface area (Å²) in [6.45, 7) is 0. The quantitative estimate of drug-likeness (QED) is 0.179. The van der Waals surface area contributed by atoms with Crippen LogP contribution >= 0.6 is 11.3 Å². The van der Waals surface area contributed by atoms with Gasteiger partial charge in [-0.05, 0) is 97.7 Å². The zero-order chi connectivity index (χ0) is 33.0. The van der Waals surface area contributed by atoms with Gasteiger partial charge in [0.05, 0.1) is 5.69 Å². The minimum absolute atomic E-state index is 1.13. The first kappa shape index (κ1) is 28.8. The average molecular weight is 654 g/mol. The van der Waals surface area contributed by atoms with Gasteiger partial charge in [0.25, 0.3) is 0 Å². The van der Waals surface area contributed by atoms with E-state index in [1.807, 2.05) is 11.3 Å². The van der Waals surface area contributed by atoms with E-state index in [2.05, 4.69) is 193 Å². The van der Waals surface area contributed by atoms with Crippen LogP contribution in [0.5, 0.6) is 0 Å². The molecule has 0 amide bonds. The summed E-state index contributed by atoms with van der Waals surface area (Å²) in [6.07, 6.45) is 0. The van der Waals surface area contributed by atoms with E-state index < -0.39 is 0 Å². The summed E-state index contributed by atoms with van der Waals surface area (Å²) in [4.78, 5) is 2.43. The van der Waals surface area contributed by atoms with E-state index in [0.717, 1.165) is 17.1 Å². The summed E-state index contributed by atoms with van der Waals surface area (Å²) in [6, 6.07) is 68.8. The average Bonchev–Trinajstić information content (AvgIpc) is 3.53. The molecule has 1 heterocycles. The van der Waals surface area contributed by atoms with Crippen LogP contribution in [0.2, 0.25) is 0 Å². The number of nitrogens with zero attached hydrogens (tertiary/aromatic N) is 1. The monoisotopic (exact) mass is 653 g/mol. The lowest BCUT2D eigenvalue weighted by Crippen LogP contribution is -2.10. The van der Waals surface area contributed by atoms with Crippen molar-refractivity contribution >= 4 is 80.9 Å². The molecule has 1 nitrogen and oxygen atoms in total. The fourth-order valence-corrected chi connectivity index (χ4v) is 8.76. The van der Waals surface area contributed by atoms with Crippen LogP contribution in [0.3, 0.4) is 0 Å². The lowest BCUT2D eigenvalue weighted by molar-refractivity contribution is 1.30. The molecule has 1 aromatic heterocycles. The minimum Gasteiger partial charge on any atom is -0.310 e. The van der Waals surface area contributed by atoms with Crippen molar-refractivity contribution in [2.75, 3.05) is 4.90 Å². The molecule has 9 aromatic carbocycles. The molecule has 234 valence electrons. The van der Waals surface area contributed by atoms with E-state index in [9.17, 15) is 0 Å². The van der Waals surface area contributed by atoms with Gasteiger partial charge >= 0.3 is 0 Å². The number of anilines is 3. The number of hydrogen-bond donors (Lipinski definition) is 0. The van der Waals surface area contributed by atoms with Gasteiger partial charge in [0, 0.05) is 36.9 Å². The Morgan fingerprint density at radius 1 is 0.320 bits per heavy atom. The smallest absolute Gasteiger partial charge is 0.0540 e. The highest BCUT2D eigenvalue weighted by Crippen LogP contribution is 2.44. The zero-order valence-electron chi connectivity index (χ0n) is 27.3. The van der Waals surface area contributed by atoms with Gasteiger partial charge in [-0.25, -0.2) is 0 Å². The Morgan fingerprint density at radius 2 is 0.900 bits per heavy atom. The predicted octanol–water partition coefficient (Wildman–Crippen LogP) is 14.3. The third-order valence-corrected chi connectivity index (χ3v) is 11.1. The predicted molar refractivity (Wildman–Crippen MR) is 217 cm³/mol. The lowest BCUT2D eigenvalue weighted by atomic mass is 9.95. The first-order valence-electron chi connectivity index (χ1n) is 17.1. The van der Waals surface area contributed by atoms with Crippen LogP contribution < -0.4 is 4.90 Å². The summed E-state index contributed by atoms with van der Waals surface area (Å²) in [5, 5.41) is 10.2. The summed E-state index contributed by atoms with van der Waals surface area (Å²) in [5.41, 5.74) is 8.29. The van der Waals surface area contributed by atoms with Crippen molar-refractivity contribution in [1.29, 1.82) is 0 Å². The van der Waals surface area contributed by atoms with Gasteiger partial charge in [-0.1, -0.05) is 140 Å². The van der Waals surface area contributed by atoms with Gasteiger partial charge in [-0.3, -0.25) is 0 Å². The molecular formula is C48H31NS. The third-order valence-electron chi connectivity index (χ3n) is 9.99. The molecule has 0 bridgehead atoms. The molecule has 0 unspecified atom stereocenters. The maximum Gasteiger partial charge on any atom is 0.0540 e. The maximum atomic E-state index is 2.43. The molecule has 0 aliphatic heterocycles. The van der Waals surface area contributed by atoms with E-state index in [0.29, 0.717) is 0 Å². The molecule has 0 saturated heterocycles. The van der Waals surface area contributed by atoms with Crippen LogP contribution in [0.25, 0.3) is 74.7 Å². The van der Waals surface area contributed by atoms with Gasteiger partial charge in [0.2, 0.25) is 0 Å². The van der Waals surface area contributed by atoms with Gasteiger partial charge in [-0.15, -0.1) is 11.3 Å². The third kappa shape index (κ3) is 4.84. The molecule has 10 aromatic rings. The molecule has 2 heteroatoms. The topological polar surface area (TPSA) is 3.24 Å². The van der Waals surface area contributed by atoms with E-state index in [4.69, 9.17) is 0 Å². The standard InChI is InChI=1S/C48H31NS/c1-2-14-37-30-47-45(29-36(37)13-1)44-26-25-40(31-48(44)50-47)49(46-24-10-16-33-12-4-6-22-43(33)46)39-20-8-18-35(28-39)34-17-7-19-38(27-34)42-23-9-15-32-11-3-5-21-41(32)42/h1-31H. The van der Waals surface area contributed by atoms with Crippen LogP contribution in [0.1, 0.15) is 0 Å². The Bertz CT molecular complexity index is 2890. The van der Waals surface area contributed by atoms with Crippen LogP contribution in [0.4, 0.5) is 17.1 Å². The first-order chi connectivity index (χ1) is 24.8. The highest BCUT2D eigenvalue weighted by Gasteiger charge is 2.18.